The van der Waals surface area contributed by atoms with Crippen molar-refractivity contribution in [1.29, 1.82) is 0 Å². The highest BCUT2D eigenvalue weighted by Gasteiger charge is 2.28. The van der Waals surface area contributed by atoms with E-state index in [0.29, 0.717) is 11.8 Å². The molecule has 0 spiro atoms. The predicted octanol–water partition coefficient (Wildman–Crippen LogP) is 4.57. The van der Waals surface area contributed by atoms with Gasteiger partial charge in [0.05, 0.1) is 5.71 Å². The Labute approximate surface area is 119 Å². The van der Waals surface area contributed by atoms with Crippen LogP contribution in [0.5, 0.6) is 0 Å². The lowest BCUT2D eigenvalue weighted by Gasteiger charge is -2.30. The van der Waals surface area contributed by atoms with E-state index in [2.05, 4.69) is 53.7 Å². The SMILES string of the molecule is ON=C1CC(c2ccccc2)CC(c2ccccc2)C1. The molecule has 1 N–H and O–H groups in total. The molecule has 1 saturated carbocycles. The first-order chi connectivity index (χ1) is 9.86. The van der Waals surface area contributed by atoms with Gasteiger partial charge >= 0.3 is 0 Å². The van der Waals surface area contributed by atoms with Crippen LogP contribution in [0.1, 0.15) is 42.2 Å². The van der Waals surface area contributed by atoms with Crippen molar-refractivity contribution in [3.63, 3.8) is 0 Å². The molecule has 0 bridgehead atoms. The largest absolute Gasteiger partial charge is 0.411 e. The standard InChI is InChI=1S/C18H19NO/c20-19-18-12-16(14-7-3-1-4-8-14)11-17(13-18)15-9-5-2-6-10-15/h1-10,16-17,20H,11-13H2. The van der Waals surface area contributed by atoms with Gasteiger partial charge in [0.25, 0.3) is 0 Å². The third-order valence-corrected chi connectivity index (χ3v) is 4.22. The molecular weight excluding hydrogens is 246 g/mol. The van der Waals surface area contributed by atoms with Gasteiger partial charge in [-0.25, -0.2) is 0 Å². The van der Waals surface area contributed by atoms with Crippen molar-refractivity contribution in [3.05, 3.63) is 71.8 Å². The molecule has 2 nitrogen and oxygen atoms in total. The van der Waals surface area contributed by atoms with E-state index in [1.165, 1.54) is 11.1 Å². The number of hydrogen-bond acceptors (Lipinski definition) is 2. The maximum absolute atomic E-state index is 9.21. The van der Waals surface area contributed by atoms with E-state index in [1.807, 2.05) is 12.1 Å². The number of benzene rings is 2. The summed E-state index contributed by atoms with van der Waals surface area (Å²) in [4.78, 5) is 0. The van der Waals surface area contributed by atoms with Gasteiger partial charge in [0.2, 0.25) is 0 Å². The second-order valence-electron chi connectivity index (χ2n) is 5.53. The molecule has 0 aliphatic heterocycles. The molecule has 0 aromatic heterocycles. The van der Waals surface area contributed by atoms with E-state index in [-0.39, 0.29) is 0 Å². The van der Waals surface area contributed by atoms with E-state index >= 15 is 0 Å². The molecule has 1 aliphatic rings. The Bertz CT molecular complexity index is 527. The lowest BCUT2D eigenvalue weighted by Crippen LogP contribution is -2.20. The van der Waals surface area contributed by atoms with E-state index < -0.39 is 0 Å². The van der Waals surface area contributed by atoms with Gasteiger partial charge in [0, 0.05) is 0 Å². The van der Waals surface area contributed by atoms with Crippen LogP contribution >= 0.6 is 0 Å². The molecule has 0 radical (unpaired) electrons. The molecule has 0 heterocycles. The average molecular weight is 265 g/mol. The monoisotopic (exact) mass is 265 g/mol. The molecule has 20 heavy (non-hydrogen) atoms. The van der Waals surface area contributed by atoms with E-state index in [0.717, 1.165) is 25.0 Å². The second-order valence-corrected chi connectivity index (χ2v) is 5.53. The number of nitrogens with zero attached hydrogens (tertiary/aromatic N) is 1. The fraction of sp³-hybridized carbons (Fsp3) is 0.278. The first-order valence-electron chi connectivity index (χ1n) is 7.16. The molecule has 2 heteroatoms. The van der Waals surface area contributed by atoms with Gasteiger partial charge in [0.1, 0.15) is 0 Å². The molecular formula is C18H19NO. The molecule has 1 aliphatic carbocycles. The summed E-state index contributed by atoms with van der Waals surface area (Å²) in [6.45, 7) is 0. The highest BCUT2D eigenvalue weighted by molar-refractivity contribution is 5.86. The van der Waals surface area contributed by atoms with Crippen molar-refractivity contribution in [1.82, 2.24) is 0 Å². The molecule has 102 valence electrons. The van der Waals surface area contributed by atoms with Gasteiger partial charge in [-0.2, -0.15) is 0 Å². The molecule has 1 fully saturated rings. The van der Waals surface area contributed by atoms with Gasteiger partial charge in [-0.1, -0.05) is 65.8 Å². The van der Waals surface area contributed by atoms with Crippen molar-refractivity contribution in [2.24, 2.45) is 5.16 Å². The fourth-order valence-corrected chi connectivity index (χ4v) is 3.20. The van der Waals surface area contributed by atoms with Gasteiger partial charge in [-0.15, -0.1) is 0 Å². The number of rotatable bonds is 2. The summed E-state index contributed by atoms with van der Waals surface area (Å²) in [5.74, 6) is 0.891. The highest BCUT2D eigenvalue weighted by Crippen LogP contribution is 2.39. The Morgan fingerprint density at radius 3 is 1.60 bits per heavy atom. The van der Waals surface area contributed by atoms with Crippen molar-refractivity contribution in [2.45, 2.75) is 31.1 Å². The van der Waals surface area contributed by atoms with Crippen LogP contribution < -0.4 is 0 Å². The minimum atomic E-state index is 0.445. The van der Waals surface area contributed by atoms with E-state index in [4.69, 9.17) is 0 Å². The van der Waals surface area contributed by atoms with E-state index in [9.17, 15) is 5.21 Å². The minimum Gasteiger partial charge on any atom is -0.411 e. The maximum atomic E-state index is 9.21. The van der Waals surface area contributed by atoms with Crippen LogP contribution in [0.3, 0.4) is 0 Å². The summed E-state index contributed by atoms with van der Waals surface area (Å²) in [5, 5.41) is 12.7. The summed E-state index contributed by atoms with van der Waals surface area (Å²) in [6, 6.07) is 21.1. The summed E-state index contributed by atoms with van der Waals surface area (Å²) in [7, 11) is 0. The summed E-state index contributed by atoms with van der Waals surface area (Å²) in [5.41, 5.74) is 3.60. The van der Waals surface area contributed by atoms with E-state index in [1.54, 1.807) is 0 Å². The summed E-state index contributed by atoms with van der Waals surface area (Å²) in [6.07, 6.45) is 2.85. The minimum absolute atomic E-state index is 0.445. The molecule has 2 aromatic carbocycles. The zero-order valence-electron chi connectivity index (χ0n) is 11.4. The second kappa shape index (κ2) is 5.91. The lowest BCUT2D eigenvalue weighted by atomic mass is 9.74. The molecule has 2 aromatic rings. The van der Waals surface area contributed by atoms with Crippen molar-refractivity contribution in [3.8, 4) is 0 Å². The van der Waals surface area contributed by atoms with Gasteiger partial charge < -0.3 is 5.21 Å². The molecule has 0 saturated heterocycles. The van der Waals surface area contributed by atoms with Crippen LogP contribution in [0.2, 0.25) is 0 Å². The highest BCUT2D eigenvalue weighted by atomic mass is 16.4. The lowest BCUT2D eigenvalue weighted by molar-refractivity contribution is 0.311. The number of hydrogen-bond donors (Lipinski definition) is 1. The quantitative estimate of drug-likeness (QED) is 0.626. The Balaban J connectivity index is 1.87. The molecule has 3 rings (SSSR count). The Morgan fingerprint density at radius 2 is 1.20 bits per heavy atom. The van der Waals surface area contributed by atoms with Gasteiger partial charge in [-0.3, -0.25) is 0 Å². The topological polar surface area (TPSA) is 32.6 Å². The smallest absolute Gasteiger partial charge is 0.0583 e. The third kappa shape index (κ3) is 2.74. The summed E-state index contributed by atoms with van der Waals surface area (Å²) < 4.78 is 0. The third-order valence-electron chi connectivity index (χ3n) is 4.22. The predicted molar refractivity (Wildman–Crippen MR) is 81.4 cm³/mol. The fourth-order valence-electron chi connectivity index (χ4n) is 3.20. The maximum Gasteiger partial charge on any atom is 0.0583 e. The van der Waals surface area contributed by atoms with Crippen molar-refractivity contribution in [2.75, 3.05) is 0 Å². The van der Waals surface area contributed by atoms with Crippen LogP contribution in [0, 0.1) is 0 Å². The Morgan fingerprint density at radius 1 is 0.750 bits per heavy atom. The van der Waals surface area contributed by atoms with Crippen molar-refractivity contribution >= 4 is 5.71 Å². The molecule has 2 unspecified atom stereocenters. The van der Waals surface area contributed by atoms with Gasteiger partial charge in [-0.05, 0) is 42.2 Å². The van der Waals surface area contributed by atoms with Crippen LogP contribution in [0.15, 0.2) is 65.8 Å². The van der Waals surface area contributed by atoms with Crippen molar-refractivity contribution < 1.29 is 5.21 Å². The Hall–Kier alpha value is -2.09. The molecule has 0 amide bonds. The van der Waals surface area contributed by atoms with Crippen LogP contribution in [0.4, 0.5) is 0 Å². The average Bonchev–Trinajstić information content (AvgIpc) is 2.56. The zero-order valence-corrected chi connectivity index (χ0v) is 11.4. The summed E-state index contributed by atoms with van der Waals surface area (Å²) >= 11 is 0. The van der Waals surface area contributed by atoms with Crippen LogP contribution in [-0.4, -0.2) is 10.9 Å². The van der Waals surface area contributed by atoms with Gasteiger partial charge in [0.15, 0.2) is 0 Å². The molecule has 2 atom stereocenters. The first kappa shape index (κ1) is 12.9. The normalized spacial score (nSPS) is 22.5. The number of oxime groups is 1. The first-order valence-corrected chi connectivity index (χ1v) is 7.16. The van der Waals surface area contributed by atoms with Crippen LogP contribution in [-0.2, 0) is 0 Å². The van der Waals surface area contributed by atoms with Crippen LogP contribution in [0.25, 0.3) is 0 Å². The Kier molecular flexibility index (Phi) is 3.82. The zero-order chi connectivity index (χ0) is 13.8.